The molecule has 0 aliphatic heterocycles. The van der Waals surface area contributed by atoms with Crippen molar-refractivity contribution in [3.63, 3.8) is 0 Å². The lowest BCUT2D eigenvalue weighted by molar-refractivity contribution is -0.0175. The largest absolute Gasteiger partial charge is 0.366 e. The average Bonchev–Trinajstić information content (AvgIpc) is 3.03. The fraction of sp³-hybridized carbons (Fsp3) is 0.750. The van der Waals surface area contributed by atoms with Crippen LogP contribution in [0, 0.1) is 11.8 Å². The molecular formula is C16H26O. The van der Waals surface area contributed by atoms with Gasteiger partial charge in [-0.25, -0.2) is 0 Å². The average molecular weight is 234 g/mol. The van der Waals surface area contributed by atoms with Crippen molar-refractivity contribution in [1.82, 2.24) is 0 Å². The Balaban J connectivity index is 1.90. The van der Waals surface area contributed by atoms with Gasteiger partial charge >= 0.3 is 0 Å². The minimum Gasteiger partial charge on any atom is -0.366 e. The van der Waals surface area contributed by atoms with Crippen molar-refractivity contribution in [2.75, 3.05) is 0 Å². The van der Waals surface area contributed by atoms with Crippen LogP contribution in [0.5, 0.6) is 0 Å². The zero-order chi connectivity index (χ0) is 12.1. The van der Waals surface area contributed by atoms with Gasteiger partial charge in [0.2, 0.25) is 0 Å². The maximum atomic E-state index is 6.28. The second-order valence-corrected chi connectivity index (χ2v) is 5.63. The number of hydrogen-bond acceptors (Lipinski definition) is 1. The fourth-order valence-corrected chi connectivity index (χ4v) is 3.47. The zero-order valence-corrected chi connectivity index (χ0v) is 10.9. The van der Waals surface area contributed by atoms with Crippen LogP contribution in [0.15, 0.2) is 25.3 Å². The van der Waals surface area contributed by atoms with E-state index in [1.54, 1.807) is 0 Å². The van der Waals surface area contributed by atoms with Gasteiger partial charge in [-0.15, -0.1) is 13.2 Å². The molecule has 0 aromatic carbocycles. The molecule has 17 heavy (non-hydrogen) atoms. The van der Waals surface area contributed by atoms with E-state index in [1.807, 2.05) is 12.2 Å². The van der Waals surface area contributed by atoms with E-state index in [0.717, 1.165) is 0 Å². The van der Waals surface area contributed by atoms with E-state index in [0.29, 0.717) is 11.8 Å². The molecule has 0 saturated heterocycles. The van der Waals surface area contributed by atoms with Gasteiger partial charge in [0, 0.05) is 0 Å². The van der Waals surface area contributed by atoms with E-state index in [2.05, 4.69) is 13.2 Å². The molecule has 2 rings (SSSR count). The van der Waals surface area contributed by atoms with Crippen LogP contribution < -0.4 is 0 Å². The number of hydrogen-bond donors (Lipinski definition) is 0. The van der Waals surface area contributed by atoms with Gasteiger partial charge in [0.05, 0.1) is 12.2 Å². The maximum Gasteiger partial charge on any atom is 0.0789 e. The summed E-state index contributed by atoms with van der Waals surface area (Å²) in [4.78, 5) is 0. The van der Waals surface area contributed by atoms with Gasteiger partial charge < -0.3 is 4.74 Å². The van der Waals surface area contributed by atoms with Crippen molar-refractivity contribution in [2.24, 2.45) is 11.8 Å². The molecule has 0 heterocycles. The molecule has 2 aliphatic carbocycles. The Bertz CT molecular complexity index is 220. The first-order chi connectivity index (χ1) is 8.35. The molecular weight excluding hydrogens is 208 g/mol. The highest BCUT2D eigenvalue weighted by Crippen LogP contribution is 2.34. The summed E-state index contributed by atoms with van der Waals surface area (Å²) in [5.41, 5.74) is 0. The third-order valence-corrected chi connectivity index (χ3v) is 4.51. The normalized spacial score (nSPS) is 25.9. The summed E-state index contributed by atoms with van der Waals surface area (Å²) in [6, 6.07) is 0. The van der Waals surface area contributed by atoms with Crippen molar-refractivity contribution >= 4 is 0 Å². The Kier molecular flexibility index (Phi) is 4.85. The summed E-state index contributed by atoms with van der Waals surface area (Å²) in [6.07, 6.45) is 15.2. The summed E-state index contributed by atoms with van der Waals surface area (Å²) < 4.78 is 6.28. The smallest absolute Gasteiger partial charge is 0.0789 e. The molecule has 0 spiro atoms. The Labute approximate surface area is 106 Å². The van der Waals surface area contributed by atoms with Crippen LogP contribution in [-0.2, 0) is 4.74 Å². The standard InChI is InChI=1S/C16H26O/c1-3-15(13-9-5-6-10-13)17-16(4-2)14-11-7-8-12-14/h3-4,13-16H,1-2,5-12H2. The topological polar surface area (TPSA) is 9.23 Å². The van der Waals surface area contributed by atoms with Gasteiger partial charge in [-0.3, -0.25) is 0 Å². The molecule has 96 valence electrons. The van der Waals surface area contributed by atoms with Crippen LogP contribution >= 0.6 is 0 Å². The Morgan fingerprint density at radius 1 is 0.765 bits per heavy atom. The minimum absolute atomic E-state index is 0.251. The molecule has 2 unspecified atom stereocenters. The van der Waals surface area contributed by atoms with Crippen molar-refractivity contribution in [1.29, 1.82) is 0 Å². The van der Waals surface area contributed by atoms with Crippen LogP contribution in [0.4, 0.5) is 0 Å². The monoisotopic (exact) mass is 234 g/mol. The molecule has 1 heteroatoms. The van der Waals surface area contributed by atoms with Gasteiger partial charge in [-0.2, -0.15) is 0 Å². The van der Waals surface area contributed by atoms with E-state index < -0.39 is 0 Å². The fourth-order valence-electron chi connectivity index (χ4n) is 3.47. The van der Waals surface area contributed by atoms with Crippen LogP contribution in [-0.4, -0.2) is 12.2 Å². The third kappa shape index (κ3) is 3.22. The molecule has 2 aliphatic rings. The summed E-state index contributed by atoms with van der Waals surface area (Å²) >= 11 is 0. The maximum absolute atomic E-state index is 6.28. The van der Waals surface area contributed by atoms with Gasteiger partial charge in [-0.05, 0) is 37.5 Å². The lowest BCUT2D eigenvalue weighted by atomic mass is 9.97. The highest BCUT2D eigenvalue weighted by Gasteiger charge is 2.29. The molecule has 1 nitrogen and oxygen atoms in total. The molecule has 0 amide bonds. The predicted octanol–water partition coefficient (Wildman–Crippen LogP) is 4.49. The lowest BCUT2D eigenvalue weighted by Gasteiger charge is -2.28. The molecule has 0 aromatic rings. The Hall–Kier alpha value is -0.560. The van der Waals surface area contributed by atoms with Gasteiger partial charge in [0.1, 0.15) is 0 Å². The molecule has 0 N–H and O–H groups in total. The first-order valence-corrected chi connectivity index (χ1v) is 7.25. The van der Waals surface area contributed by atoms with Crippen LogP contribution in [0.1, 0.15) is 51.4 Å². The summed E-state index contributed by atoms with van der Waals surface area (Å²) in [6.45, 7) is 7.92. The molecule has 0 radical (unpaired) electrons. The highest BCUT2D eigenvalue weighted by atomic mass is 16.5. The quantitative estimate of drug-likeness (QED) is 0.615. The predicted molar refractivity (Wildman–Crippen MR) is 73.0 cm³/mol. The summed E-state index contributed by atoms with van der Waals surface area (Å²) in [5.74, 6) is 1.41. The van der Waals surface area contributed by atoms with Gasteiger partial charge in [0.25, 0.3) is 0 Å². The zero-order valence-electron chi connectivity index (χ0n) is 10.9. The van der Waals surface area contributed by atoms with Crippen molar-refractivity contribution < 1.29 is 4.74 Å². The minimum atomic E-state index is 0.251. The second-order valence-electron chi connectivity index (χ2n) is 5.63. The summed E-state index contributed by atoms with van der Waals surface area (Å²) in [7, 11) is 0. The van der Waals surface area contributed by atoms with Gasteiger partial charge in [-0.1, -0.05) is 37.8 Å². The lowest BCUT2D eigenvalue weighted by Crippen LogP contribution is -2.29. The van der Waals surface area contributed by atoms with Crippen molar-refractivity contribution in [3.8, 4) is 0 Å². The molecule has 2 fully saturated rings. The van der Waals surface area contributed by atoms with E-state index in [9.17, 15) is 0 Å². The van der Waals surface area contributed by atoms with Gasteiger partial charge in [0.15, 0.2) is 0 Å². The van der Waals surface area contributed by atoms with Crippen LogP contribution in [0.2, 0.25) is 0 Å². The highest BCUT2D eigenvalue weighted by molar-refractivity contribution is 4.94. The first kappa shape index (κ1) is 12.9. The van der Waals surface area contributed by atoms with Crippen molar-refractivity contribution in [3.05, 3.63) is 25.3 Å². The SMILES string of the molecule is C=CC(OC(C=C)C1CCCC1)C1CCCC1. The molecule has 0 aromatic heterocycles. The van der Waals surface area contributed by atoms with Crippen molar-refractivity contribution in [2.45, 2.75) is 63.6 Å². The number of ether oxygens (including phenoxy) is 1. The van der Waals surface area contributed by atoms with Crippen LogP contribution in [0.3, 0.4) is 0 Å². The van der Waals surface area contributed by atoms with E-state index in [1.165, 1.54) is 51.4 Å². The van der Waals surface area contributed by atoms with E-state index >= 15 is 0 Å². The molecule has 2 atom stereocenters. The first-order valence-electron chi connectivity index (χ1n) is 7.25. The molecule has 0 bridgehead atoms. The Morgan fingerprint density at radius 2 is 1.12 bits per heavy atom. The van der Waals surface area contributed by atoms with E-state index in [-0.39, 0.29) is 12.2 Å². The third-order valence-electron chi connectivity index (χ3n) is 4.51. The Morgan fingerprint density at radius 3 is 1.41 bits per heavy atom. The van der Waals surface area contributed by atoms with Crippen LogP contribution in [0.25, 0.3) is 0 Å². The molecule has 2 saturated carbocycles. The summed E-state index contributed by atoms with van der Waals surface area (Å²) in [5, 5.41) is 0. The van der Waals surface area contributed by atoms with E-state index in [4.69, 9.17) is 4.74 Å². The number of rotatable bonds is 6. The second kappa shape index (κ2) is 6.39.